The number of likely N-dealkylation sites (tertiary alicyclic amines) is 1. The number of carbonyl (C=O) groups excluding carboxylic acids is 2. The van der Waals surface area contributed by atoms with Gasteiger partial charge in [-0.1, -0.05) is 17.7 Å². The second-order valence-electron chi connectivity index (χ2n) is 6.97. The van der Waals surface area contributed by atoms with E-state index in [0.29, 0.717) is 5.56 Å². The summed E-state index contributed by atoms with van der Waals surface area (Å²) >= 11 is 0. The van der Waals surface area contributed by atoms with Crippen molar-refractivity contribution in [3.05, 3.63) is 52.8 Å². The van der Waals surface area contributed by atoms with Gasteiger partial charge in [-0.2, -0.15) is 0 Å². The molecule has 2 heterocycles. The van der Waals surface area contributed by atoms with Gasteiger partial charge < -0.3 is 14.2 Å². The number of esters is 1. The van der Waals surface area contributed by atoms with E-state index in [1.807, 2.05) is 55.7 Å². The Labute approximate surface area is 154 Å². The van der Waals surface area contributed by atoms with Crippen LogP contribution < -0.4 is 0 Å². The summed E-state index contributed by atoms with van der Waals surface area (Å²) in [6, 6.07) is 9.98. The number of benzene rings is 1. The number of carbonyl (C=O) groups is 2. The van der Waals surface area contributed by atoms with E-state index in [2.05, 4.69) is 0 Å². The first-order valence-corrected chi connectivity index (χ1v) is 9.18. The molecule has 0 radical (unpaired) electrons. The van der Waals surface area contributed by atoms with E-state index >= 15 is 0 Å². The second kappa shape index (κ2) is 7.77. The predicted molar refractivity (Wildman–Crippen MR) is 101 cm³/mol. The number of aromatic nitrogens is 1. The Kier molecular flexibility index (Phi) is 5.45. The first-order valence-electron chi connectivity index (χ1n) is 9.18. The Morgan fingerprint density at radius 1 is 1.00 bits per heavy atom. The van der Waals surface area contributed by atoms with Crippen molar-refractivity contribution in [3.63, 3.8) is 0 Å². The van der Waals surface area contributed by atoms with E-state index in [4.69, 9.17) is 4.74 Å². The Bertz CT molecular complexity index is 799. The molecule has 1 aromatic carbocycles. The quantitative estimate of drug-likeness (QED) is 0.789. The maximum Gasteiger partial charge on any atom is 0.340 e. The summed E-state index contributed by atoms with van der Waals surface area (Å²) in [6.07, 6.45) is 3.21. The highest BCUT2D eigenvalue weighted by molar-refractivity contribution is 5.93. The summed E-state index contributed by atoms with van der Waals surface area (Å²) in [6.45, 7) is 7.24. The van der Waals surface area contributed by atoms with Crippen LogP contribution in [0.4, 0.5) is 0 Å². The number of rotatable bonds is 4. The zero-order valence-corrected chi connectivity index (χ0v) is 15.7. The maximum absolute atomic E-state index is 12.5. The van der Waals surface area contributed by atoms with E-state index in [-0.39, 0.29) is 12.5 Å². The molecule has 138 valence electrons. The normalized spacial score (nSPS) is 14.3. The van der Waals surface area contributed by atoms with Crippen molar-refractivity contribution in [1.82, 2.24) is 9.47 Å². The van der Waals surface area contributed by atoms with E-state index in [0.717, 1.165) is 49.4 Å². The van der Waals surface area contributed by atoms with Crippen molar-refractivity contribution >= 4 is 11.9 Å². The first kappa shape index (κ1) is 18.2. The predicted octanol–water partition coefficient (Wildman–Crippen LogP) is 3.57. The van der Waals surface area contributed by atoms with E-state index in [9.17, 15) is 9.59 Å². The monoisotopic (exact) mass is 354 g/mol. The maximum atomic E-state index is 12.5. The van der Waals surface area contributed by atoms with Crippen molar-refractivity contribution in [2.75, 3.05) is 19.7 Å². The Morgan fingerprint density at radius 2 is 1.65 bits per heavy atom. The Hall–Kier alpha value is -2.56. The fraction of sp³-hybridized carbons (Fsp3) is 0.429. The lowest BCUT2D eigenvalue weighted by molar-refractivity contribution is -0.135. The third kappa shape index (κ3) is 3.82. The van der Waals surface area contributed by atoms with Gasteiger partial charge in [-0.25, -0.2) is 4.79 Å². The first-order chi connectivity index (χ1) is 12.5. The molecule has 1 aliphatic rings. The molecule has 2 aromatic rings. The summed E-state index contributed by atoms with van der Waals surface area (Å²) in [5.74, 6) is -0.549. The van der Waals surface area contributed by atoms with Gasteiger partial charge in [0.25, 0.3) is 5.91 Å². The topological polar surface area (TPSA) is 51.5 Å². The Balaban J connectivity index is 1.71. The average Bonchev–Trinajstić information content (AvgIpc) is 2.95. The van der Waals surface area contributed by atoms with Crippen LogP contribution in [0, 0.1) is 20.8 Å². The average molecular weight is 354 g/mol. The van der Waals surface area contributed by atoms with Gasteiger partial charge in [0.1, 0.15) is 0 Å². The molecule has 0 bridgehead atoms. The van der Waals surface area contributed by atoms with Crippen LogP contribution in [0.2, 0.25) is 0 Å². The minimum atomic E-state index is -0.443. The fourth-order valence-electron chi connectivity index (χ4n) is 3.50. The van der Waals surface area contributed by atoms with Crippen molar-refractivity contribution in [2.45, 2.75) is 40.0 Å². The molecule has 1 saturated heterocycles. The minimum absolute atomic E-state index is 0.106. The number of amides is 1. The molecule has 1 amide bonds. The Morgan fingerprint density at radius 3 is 2.31 bits per heavy atom. The summed E-state index contributed by atoms with van der Waals surface area (Å²) < 4.78 is 7.33. The van der Waals surface area contributed by atoms with Gasteiger partial charge in [-0.15, -0.1) is 0 Å². The summed E-state index contributed by atoms with van der Waals surface area (Å²) in [7, 11) is 0. The van der Waals surface area contributed by atoms with Gasteiger partial charge in [0, 0.05) is 30.2 Å². The van der Waals surface area contributed by atoms with Crippen LogP contribution in [-0.2, 0) is 9.53 Å². The number of ether oxygens (including phenoxy) is 1. The highest BCUT2D eigenvalue weighted by Gasteiger charge is 2.21. The van der Waals surface area contributed by atoms with Crippen molar-refractivity contribution in [1.29, 1.82) is 0 Å². The molecule has 0 spiro atoms. The third-order valence-corrected chi connectivity index (χ3v) is 4.98. The smallest absolute Gasteiger partial charge is 0.340 e. The number of aryl methyl sites for hydroxylation is 2. The molecule has 5 nitrogen and oxygen atoms in total. The zero-order chi connectivity index (χ0) is 18.7. The van der Waals surface area contributed by atoms with Crippen LogP contribution in [0.5, 0.6) is 0 Å². The van der Waals surface area contributed by atoms with Gasteiger partial charge in [0.2, 0.25) is 0 Å². The van der Waals surface area contributed by atoms with Crippen LogP contribution in [0.3, 0.4) is 0 Å². The van der Waals surface area contributed by atoms with Crippen LogP contribution in [0.1, 0.15) is 46.6 Å². The van der Waals surface area contributed by atoms with Crippen molar-refractivity contribution in [2.24, 2.45) is 0 Å². The lowest BCUT2D eigenvalue weighted by Crippen LogP contribution is -2.38. The van der Waals surface area contributed by atoms with Crippen LogP contribution in [0.25, 0.3) is 5.69 Å². The molecule has 0 unspecified atom stereocenters. The van der Waals surface area contributed by atoms with Gasteiger partial charge >= 0.3 is 5.97 Å². The molecule has 1 aromatic heterocycles. The molecule has 0 atom stereocenters. The van der Waals surface area contributed by atoms with Gasteiger partial charge in [0.15, 0.2) is 6.61 Å². The largest absolute Gasteiger partial charge is 0.452 e. The molecular weight excluding hydrogens is 328 g/mol. The van der Waals surface area contributed by atoms with E-state index in [1.165, 1.54) is 5.56 Å². The number of piperidine rings is 1. The molecule has 0 saturated carbocycles. The number of hydrogen-bond acceptors (Lipinski definition) is 3. The molecule has 1 aliphatic heterocycles. The molecule has 5 heteroatoms. The second-order valence-corrected chi connectivity index (χ2v) is 6.97. The molecule has 0 aliphatic carbocycles. The molecule has 26 heavy (non-hydrogen) atoms. The van der Waals surface area contributed by atoms with E-state index < -0.39 is 5.97 Å². The van der Waals surface area contributed by atoms with Crippen molar-refractivity contribution in [3.8, 4) is 5.69 Å². The standard InChI is InChI=1S/C21H26N2O3/c1-15-7-9-18(10-8-15)23-16(2)13-19(17(23)3)21(25)26-14-20(24)22-11-5-4-6-12-22/h7-10,13H,4-6,11-12,14H2,1-3H3. The lowest BCUT2D eigenvalue weighted by atomic mass is 10.1. The van der Waals surface area contributed by atoms with Crippen LogP contribution in [0.15, 0.2) is 30.3 Å². The molecule has 1 fully saturated rings. The zero-order valence-electron chi connectivity index (χ0n) is 15.7. The van der Waals surface area contributed by atoms with Crippen LogP contribution >= 0.6 is 0 Å². The minimum Gasteiger partial charge on any atom is -0.452 e. The van der Waals surface area contributed by atoms with Crippen molar-refractivity contribution < 1.29 is 14.3 Å². The van der Waals surface area contributed by atoms with Gasteiger partial charge in [-0.05, 0) is 58.2 Å². The lowest BCUT2D eigenvalue weighted by Gasteiger charge is -2.26. The molecule has 3 rings (SSSR count). The van der Waals surface area contributed by atoms with E-state index in [1.54, 1.807) is 4.90 Å². The highest BCUT2D eigenvalue weighted by atomic mass is 16.5. The fourth-order valence-corrected chi connectivity index (χ4v) is 3.50. The highest BCUT2D eigenvalue weighted by Crippen LogP contribution is 2.22. The summed E-state index contributed by atoms with van der Waals surface area (Å²) in [5.41, 5.74) is 4.48. The molecule has 0 N–H and O–H groups in total. The number of nitrogens with zero attached hydrogens (tertiary/aromatic N) is 2. The molecular formula is C21H26N2O3. The van der Waals surface area contributed by atoms with Gasteiger partial charge in [0.05, 0.1) is 5.56 Å². The van der Waals surface area contributed by atoms with Crippen LogP contribution in [-0.4, -0.2) is 41.0 Å². The number of hydrogen-bond donors (Lipinski definition) is 0. The SMILES string of the molecule is Cc1ccc(-n2c(C)cc(C(=O)OCC(=O)N3CCCCC3)c2C)cc1. The summed E-state index contributed by atoms with van der Waals surface area (Å²) in [5, 5.41) is 0. The summed E-state index contributed by atoms with van der Waals surface area (Å²) in [4.78, 5) is 26.5. The van der Waals surface area contributed by atoms with Gasteiger partial charge in [-0.3, -0.25) is 4.79 Å². The third-order valence-electron chi connectivity index (χ3n) is 4.98.